The Labute approximate surface area is 135 Å². The van der Waals surface area contributed by atoms with E-state index in [2.05, 4.69) is 19.1 Å². The minimum atomic E-state index is 0.0994. The molecule has 2 aromatic rings. The summed E-state index contributed by atoms with van der Waals surface area (Å²) in [4.78, 5) is 16.7. The van der Waals surface area contributed by atoms with Gasteiger partial charge in [0.1, 0.15) is 0 Å². The third-order valence-corrected chi connectivity index (χ3v) is 5.15. The lowest BCUT2D eigenvalue weighted by molar-refractivity contribution is -0.0585. The summed E-state index contributed by atoms with van der Waals surface area (Å²) in [5.41, 5.74) is 2.33. The molecule has 3 nitrogen and oxygen atoms in total. The maximum atomic E-state index is 12.8. The molecule has 1 saturated heterocycles. The first-order valence-corrected chi connectivity index (χ1v) is 8.47. The number of rotatable bonds is 2. The Morgan fingerprint density at radius 3 is 2.45 bits per heavy atom. The van der Waals surface area contributed by atoms with Crippen molar-refractivity contribution in [2.24, 2.45) is 0 Å². The first-order chi connectivity index (χ1) is 10.5. The molecule has 0 spiro atoms. The van der Waals surface area contributed by atoms with Crippen LogP contribution in [0.4, 0.5) is 0 Å². The van der Waals surface area contributed by atoms with Crippen molar-refractivity contribution in [1.82, 2.24) is 4.90 Å². The van der Waals surface area contributed by atoms with E-state index >= 15 is 0 Å². The van der Waals surface area contributed by atoms with Crippen molar-refractivity contribution in [1.29, 1.82) is 0 Å². The van der Waals surface area contributed by atoms with Crippen LogP contribution in [0.15, 0.2) is 36.4 Å². The largest absolute Gasteiger partial charge is 0.372 e. The lowest BCUT2D eigenvalue weighted by atomic mass is 10.1. The van der Waals surface area contributed by atoms with Crippen molar-refractivity contribution in [3.05, 3.63) is 46.8 Å². The first kappa shape index (κ1) is 15.3. The Morgan fingerprint density at radius 2 is 1.82 bits per heavy atom. The molecule has 0 radical (unpaired) electrons. The van der Waals surface area contributed by atoms with Crippen molar-refractivity contribution in [2.75, 3.05) is 13.1 Å². The lowest BCUT2D eigenvalue weighted by Gasteiger charge is -2.35. The average Bonchev–Trinajstić information content (AvgIpc) is 2.88. The monoisotopic (exact) mass is 315 g/mol. The fraction of sp³-hybridized carbons (Fsp3) is 0.389. The molecule has 4 heteroatoms. The van der Waals surface area contributed by atoms with Crippen LogP contribution in [0.5, 0.6) is 0 Å². The predicted molar refractivity (Wildman–Crippen MR) is 90.4 cm³/mol. The number of benzene rings is 1. The molecule has 0 saturated carbocycles. The molecule has 1 aliphatic heterocycles. The van der Waals surface area contributed by atoms with E-state index < -0.39 is 0 Å². The molecule has 1 aliphatic rings. The van der Waals surface area contributed by atoms with Crippen LogP contribution < -0.4 is 0 Å². The van der Waals surface area contributed by atoms with Crippen LogP contribution in [0.25, 0.3) is 10.4 Å². The van der Waals surface area contributed by atoms with E-state index in [0.717, 1.165) is 10.4 Å². The topological polar surface area (TPSA) is 29.5 Å². The van der Waals surface area contributed by atoms with Gasteiger partial charge in [0.05, 0.1) is 17.1 Å². The number of carbonyl (C=O) groups excluding carboxylic acids is 1. The van der Waals surface area contributed by atoms with Crippen LogP contribution in [0.2, 0.25) is 0 Å². The second-order valence-corrected chi connectivity index (χ2v) is 7.01. The molecule has 116 valence electrons. The highest BCUT2D eigenvalue weighted by molar-refractivity contribution is 7.17. The third kappa shape index (κ3) is 3.08. The van der Waals surface area contributed by atoms with Crippen molar-refractivity contribution < 1.29 is 9.53 Å². The van der Waals surface area contributed by atoms with E-state index in [1.165, 1.54) is 10.4 Å². The average molecular weight is 315 g/mol. The van der Waals surface area contributed by atoms with Gasteiger partial charge in [-0.15, -0.1) is 11.3 Å². The molecule has 2 heterocycles. The lowest BCUT2D eigenvalue weighted by Crippen LogP contribution is -2.48. The summed E-state index contributed by atoms with van der Waals surface area (Å²) >= 11 is 1.58. The van der Waals surface area contributed by atoms with Gasteiger partial charge in [-0.2, -0.15) is 0 Å². The molecule has 3 rings (SSSR count). The van der Waals surface area contributed by atoms with Crippen molar-refractivity contribution >= 4 is 17.2 Å². The van der Waals surface area contributed by atoms with Gasteiger partial charge < -0.3 is 9.64 Å². The summed E-state index contributed by atoms with van der Waals surface area (Å²) in [7, 11) is 0. The van der Waals surface area contributed by atoms with Gasteiger partial charge in [0, 0.05) is 18.0 Å². The Morgan fingerprint density at radius 1 is 1.18 bits per heavy atom. The maximum Gasteiger partial charge on any atom is 0.264 e. The van der Waals surface area contributed by atoms with Crippen LogP contribution in [0.3, 0.4) is 0 Å². The highest BCUT2D eigenvalue weighted by atomic mass is 32.1. The molecule has 0 bridgehead atoms. The molecule has 0 unspecified atom stereocenters. The van der Waals surface area contributed by atoms with Gasteiger partial charge in [-0.1, -0.05) is 30.3 Å². The molecular formula is C18H21NO2S. The Balaban J connectivity index is 1.85. The number of carbonyl (C=O) groups is 1. The summed E-state index contributed by atoms with van der Waals surface area (Å²) < 4.78 is 5.71. The van der Waals surface area contributed by atoms with E-state index in [1.807, 2.05) is 43.0 Å². The SMILES string of the molecule is Cc1cc(C(=O)N2C[C@@H](C)O[C@H](C)C2)sc1-c1ccccc1. The molecule has 22 heavy (non-hydrogen) atoms. The normalized spacial score (nSPS) is 21.9. The summed E-state index contributed by atoms with van der Waals surface area (Å²) in [6, 6.07) is 12.3. The summed E-state index contributed by atoms with van der Waals surface area (Å²) in [6.07, 6.45) is 0.199. The van der Waals surface area contributed by atoms with Crippen LogP contribution in [0, 0.1) is 6.92 Å². The van der Waals surface area contributed by atoms with Crippen molar-refractivity contribution in [2.45, 2.75) is 33.0 Å². The summed E-state index contributed by atoms with van der Waals surface area (Å²) in [5, 5.41) is 0. The minimum Gasteiger partial charge on any atom is -0.372 e. The fourth-order valence-electron chi connectivity index (χ4n) is 2.96. The number of nitrogens with zero attached hydrogens (tertiary/aromatic N) is 1. The van der Waals surface area contributed by atoms with E-state index in [0.29, 0.717) is 13.1 Å². The van der Waals surface area contributed by atoms with Gasteiger partial charge in [-0.3, -0.25) is 4.79 Å². The second-order valence-electron chi connectivity index (χ2n) is 5.96. The molecule has 0 N–H and O–H groups in total. The fourth-order valence-corrected chi connectivity index (χ4v) is 4.11. The van der Waals surface area contributed by atoms with Crippen molar-refractivity contribution in [3.63, 3.8) is 0 Å². The highest BCUT2D eigenvalue weighted by Crippen LogP contribution is 2.33. The van der Waals surface area contributed by atoms with Gasteiger partial charge in [-0.25, -0.2) is 0 Å². The molecule has 1 aromatic carbocycles. The standard InChI is InChI=1S/C18H21NO2S/c1-12-9-16(22-17(12)15-7-5-4-6-8-15)18(20)19-10-13(2)21-14(3)11-19/h4-9,13-14H,10-11H2,1-3H3/t13-,14-/m1/s1. The first-order valence-electron chi connectivity index (χ1n) is 7.65. The second kappa shape index (κ2) is 6.23. The number of ether oxygens (including phenoxy) is 1. The Bertz CT molecular complexity index is 655. The molecule has 2 atom stereocenters. The maximum absolute atomic E-state index is 12.8. The van der Waals surface area contributed by atoms with Crippen LogP contribution >= 0.6 is 11.3 Å². The highest BCUT2D eigenvalue weighted by Gasteiger charge is 2.27. The zero-order chi connectivity index (χ0) is 15.7. The van der Waals surface area contributed by atoms with E-state index in [-0.39, 0.29) is 18.1 Å². The van der Waals surface area contributed by atoms with E-state index in [1.54, 1.807) is 11.3 Å². The Kier molecular flexibility index (Phi) is 4.32. The zero-order valence-corrected chi connectivity index (χ0v) is 14.0. The molecule has 1 fully saturated rings. The molecular weight excluding hydrogens is 294 g/mol. The molecule has 1 aromatic heterocycles. The summed E-state index contributed by atoms with van der Waals surface area (Å²) in [6.45, 7) is 7.44. The third-order valence-electron chi connectivity index (χ3n) is 3.87. The van der Waals surface area contributed by atoms with Gasteiger partial charge in [-0.05, 0) is 38.0 Å². The molecule has 1 amide bonds. The van der Waals surface area contributed by atoms with Gasteiger partial charge in [0.2, 0.25) is 0 Å². The van der Waals surface area contributed by atoms with Crippen LogP contribution in [-0.2, 0) is 4.74 Å². The van der Waals surface area contributed by atoms with Crippen molar-refractivity contribution in [3.8, 4) is 10.4 Å². The minimum absolute atomic E-state index is 0.0994. The quantitative estimate of drug-likeness (QED) is 0.839. The van der Waals surface area contributed by atoms with Gasteiger partial charge in [0.15, 0.2) is 0 Å². The smallest absolute Gasteiger partial charge is 0.264 e. The number of thiophene rings is 1. The molecule has 0 aliphatic carbocycles. The summed E-state index contributed by atoms with van der Waals surface area (Å²) in [5.74, 6) is 0.122. The van der Waals surface area contributed by atoms with Gasteiger partial charge in [0.25, 0.3) is 5.91 Å². The Hall–Kier alpha value is -1.65. The van der Waals surface area contributed by atoms with Gasteiger partial charge >= 0.3 is 0 Å². The van der Waals surface area contributed by atoms with Crippen LogP contribution in [0.1, 0.15) is 29.1 Å². The number of hydrogen-bond donors (Lipinski definition) is 0. The number of amides is 1. The zero-order valence-electron chi connectivity index (χ0n) is 13.2. The number of morpholine rings is 1. The predicted octanol–water partition coefficient (Wildman–Crippen LogP) is 3.97. The number of aryl methyl sites for hydroxylation is 1. The number of hydrogen-bond acceptors (Lipinski definition) is 3. The van der Waals surface area contributed by atoms with E-state index in [4.69, 9.17) is 4.74 Å². The van der Waals surface area contributed by atoms with E-state index in [9.17, 15) is 4.79 Å². The van der Waals surface area contributed by atoms with Crippen LogP contribution in [-0.4, -0.2) is 36.1 Å².